The number of halogens is 2. The molecule has 0 saturated heterocycles. The summed E-state index contributed by atoms with van der Waals surface area (Å²) in [7, 11) is 0. The van der Waals surface area contributed by atoms with Crippen LogP contribution in [0.15, 0.2) is 18.2 Å². The molecule has 0 nitrogen and oxygen atoms in total. The van der Waals surface area contributed by atoms with E-state index in [-0.39, 0.29) is 5.92 Å². The molecule has 0 aliphatic carbocycles. The van der Waals surface area contributed by atoms with E-state index < -0.39 is 11.6 Å². The van der Waals surface area contributed by atoms with E-state index in [9.17, 15) is 8.78 Å². The first-order valence-corrected chi connectivity index (χ1v) is 6.78. The molecule has 0 aliphatic heterocycles. The Morgan fingerprint density at radius 1 is 1.17 bits per heavy atom. The fourth-order valence-corrected chi connectivity index (χ4v) is 2.29. The quantitative estimate of drug-likeness (QED) is 0.634. The summed E-state index contributed by atoms with van der Waals surface area (Å²) in [5.41, 5.74) is 0.979. The second-order valence-corrected chi connectivity index (χ2v) is 6.22. The average Bonchev–Trinajstić information content (AvgIpc) is 2.24. The topological polar surface area (TPSA) is 0 Å². The van der Waals surface area contributed by atoms with Gasteiger partial charge in [0.2, 0.25) is 0 Å². The highest BCUT2D eigenvalue weighted by Gasteiger charge is 2.16. The molecule has 18 heavy (non-hydrogen) atoms. The van der Waals surface area contributed by atoms with E-state index in [4.69, 9.17) is 0 Å². The maximum atomic E-state index is 13.7. The lowest BCUT2D eigenvalue weighted by molar-refractivity contribution is 0.350. The zero-order valence-corrected chi connectivity index (χ0v) is 11.9. The summed E-state index contributed by atoms with van der Waals surface area (Å²) in [5, 5.41) is 0. The summed E-state index contributed by atoms with van der Waals surface area (Å²) in [5.74, 6) is -0.702. The lowest BCUT2D eigenvalue weighted by atomic mass is 9.85. The van der Waals surface area contributed by atoms with E-state index in [0.29, 0.717) is 11.0 Å². The summed E-state index contributed by atoms with van der Waals surface area (Å²) in [6.07, 6.45) is 4.08. The van der Waals surface area contributed by atoms with Gasteiger partial charge in [-0.05, 0) is 42.2 Å². The van der Waals surface area contributed by atoms with Crippen molar-refractivity contribution in [1.82, 2.24) is 0 Å². The third-order valence-corrected chi connectivity index (χ3v) is 3.37. The fraction of sp³-hybridized carbons (Fsp3) is 0.625. The summed E-state index contributed by atoms with van der Waals surface area (Å²) in [4.78, 5) is 0. The van der Waals surface area contributed by atoms with Crippen LogP contribution in [0, 0.1) is 17.0 Å². The normalized spacial score (nSPS) is 13.7. The maximum absolute atomic E-state index is 13.7. The van der Waals surface area contributed by atoms with Gasteiger partial charge in [0.05, 0.1) is 0 Å². The van der Waals surface area contributed by atoms with Gasteiger partial charge in [-0.15, -0.1) is 0 Å². The first-order valence-electron chi connectivity index (χ1n) is 6.78. The van der Waals surface area contributed by atoms with Gasteiger partial charge >= 0.3 is 0 Å². The third kappa shape index (κ3) is 4.75. The molecule has 1 aromatic carbocycles. The minimum absolute atomic E-state index is 0.202. The Balaban J connectivity index is 2.66. The molecule has 0 heterocycles. The molecule has 1 atom stereocenters. The number of rotatable bonds is 5. The van der Waals surface area contributed by atoms with Gasteiger partial charge in [0.25, 0.3) is 0 Å². The lowest BCUT2D eigenvalue weighted by Gasteiger charge is -2.21. The Kier molecular flexibility index (Phi) is 5.30. The molecule has 0 saturated carbocycles. The molecule has 2 heteroatoms. The molecular weight excluding hydrogens is 230 g/mol. The van der Waals surface area contributed by atoms with Crippen molar-refractivity contribution in [2.24, 2.45) is 5.41 Å². The van der Waals surface area contributed by atoms with Crippen molar-refractivity contribution < 1.29 is 8.78 Å². The van der Waals surface area contributed by atoms with Crippen LogP contribution in [0.1, 0.15) is 64.9 Å². The maximum Gasteiger partial charge on any atom is 0.129 e. The molecule has 102 valence electrons. The van der Waals surface area contributed by atoms with Gasteiger partial charge in [0, 0.05) is 6.07 Å². The van der Waals surface area contributed by atoms with Crippen LogP contribution >= 0.6 is 0 Å². The minimum atomic E-state index is -0.499. The van der Waals surface area contributed by atoms with Gasteiger partial charge < -0.3 is 0 Å². The molecule has 1 rings (SSSR count). The molecule has 0 aliphatic rings. The molecule has 1 unspecified atom stereocenters. The van der Waals surface area contributed by atoms with Crippen molar-refractivity contribution in [2.45, 2.75) is 59.3 Å². The van der Waals surface area contributed by atoms with Crippen molar-refractivity contribution in [3.05, 3.63) is 35.4 Å². The number of benzene rings is 1. The predicted octanol–water partition coefficient (Wildman–Crippen LogP) is 5.67. The van der Waals surface area contributed by atoms with Gasteiger partial charge in [0.1, 0.15) is 11.6 Å². The Hall–Kier alpha value is -0.920. The first kappa shape index (κ1) is 15.1. The molecule has 1 aromatic rings. The van der Waals surface area contributed by atoms with Gasteiger partial charge in [-0.25, -0.2) is 8.78 Å². The summed E-state index contributed by atoms with van der Waals surface area (Å²) in [6.45, 7) is 8.70. The Labute approximate surface area is 109 Å². The van der Waals surface area contributed by atoms with Crippen molar-refractivity contribution >= 4 is 0 Å². The van der Waals surface area contributed by atoms with Crippen LogP contribution in [0.25, 0.3) is 0 Å². The molecule has 0 amide bonds. The highest BCUT2D eigenvalue weighted by Crippen LogP contribution is 2.30. The average molecular weight is 254 g/mol. The SMILES string of the molecule is CCC(CCCC(C)(C)C)c1ccc(F)cc1F. The summed E-state index contributed by atoms with van der Waals surface area (Å²) < 4.78 is 26.6. The number of hydrogen-bond acceptors (Lipinski definition) is 0. The van der Waals surface area contributed by atoms with Crippen molar-refractivity contribution in [2.75, 3.05) is 0 Å². The molecule has 0 fully saturated rings. The van der Waals surface area contributed by atoms with Crippen LogP contribution in [-0.2, 0) is 0 Å². The van der Waals surface area contributed by atoms with E-state index in [0.717, 1.165) is 31.7 Å². The van der Waals surface area contributed by atoms with E-state index in [1.54, 1.807) is 6.07 Å². The third-order valence-electron chi connectivity index (χ3n) is 3.37. The second kappa shape index (κ2) is 6.31. The highest BCUT2D eigenvalue weighted by molar-refractivity contribution is 5.22. The van der Waals surface area contributed by atoms with Gasteiger partial charge in [-0.1, -0.05) is 40.2 Å². The first-order chi connectivity index (χ1) is 8.33. The van der Waals surface area contributed by atoms with Crippen molar-refractivity contribution in [1.29, 1.82) is 0 Å². The molecule has 0 N–H and O–H groups in total. The van der Waals surface area contributed by atoms with Gasteiger partial charge in [-0.2, -0.15) is 0 Å². The van der Waals surface area contributed by atoms with Crippen LogP contribution in [0.3, 0.4) is 0 Å². The Morgan fingerprint density at radius 3 is 2.33 bits per heavy atom. The van der Waals surface area contributed by atoms with Gasteiger partial charge in [0.15, 0.2) is 0 Å². The molecule has 0 spiro atoms. The smallest absolute Gasteiger partial charge is 0.129 e. The molecular formula is C16H24F2. The van der Waals surface area contributed by atoms with E-state index >= 15 is 0 Å². The Morgan fingerprint density at radius 2 is 1.83 bits per heavy atom. The summed E-state index contributed by atoms with van der Waals surface area (Å²) in [6, 6.07) is 3.93. The van der Waals surface area contributed by atoms with Crippen molar-refractivity contribution in [3.63, 3.8) is 0 Å². The standard InChI is InChI=1S/C16H24F2/c1-5-12(7-6-10-16(2,3)4)14-9-8-13(17)11-15(14)18/h8-9,11-12H,5-7,10H2,1-4H3. The van der Waals surface area contributed by atoms with Crippen molar-refractivity contribution in [3.8, 4) is 0 Å². The predicted molar refractivity (Wildman–Crippen MR) is 72.7 cm³/mol. The second-order valence-electron chi connectivity index (χ2n) is 6.22. The van der Waals surface area contributed by atoms with Crippen LogP contribution in [0.4, 0.5) is 8.78 Å². The zero-order chi connectivity index (χ0) is 13.8. The number of hydrogen-bond donors (Lipinski definition) is 0. The van der Waals surface area contributed by atoms with E-state index in [1.807, 2.05) is 0 Å². The summed E-state index contributed by atoms with van der Waals surface area (Å²) >= 11 is 0. The van der Waals surface area contributed by atoms with E-state index in [2.05, 4.69) is 27.7 Å². The molecule has 0 bridgehead atoms. The molecule has 0 aromatic heterocycles. The lowest BCUT2D eigenvalue weighted by Crippen LogP contribution is -2.07. The highest BCUT2D eigenvalue weighted by atomic mass is 19.1. The van der Waals surface area contributed by atoms with Crippen LogP contribution in [0.2, 0.25) is 0 Å². The molecule has 0 radical (unpaired) electrons. The fourth-order valence-electron chi connectivity index (χ4n) is 2.29. The van der Waals surface area contributed by atoms with Crippen LogP contribution < -0.4 is 0 Å². The monoisotopic (exact) mass is 254 g/mol. The van der Waals surface area contributed by atoms with Crippen LogP contribution in [0.5, 0.6) is 0 Å². The largest absolute Gasteiger partial charge is 0.207 e. The van der Waals surface area contributed by atoms with E-state index in [1.165, 1.54) is 6.07 Å². The zero-order valence-electron chi connectivity index (χ0n) is 11.9. The minimum Gasteiger partial charge on any atom is -0.207 e. The van der Waals surface area contributed by atoms with Crippen LogP contribution in [-0.4, -0.2) is 0 Å². The Bertz CT molecular complexity index is 377. The van der Waals surface area contributed by atoms with Gasteiger partial charge in [-0.3, -0.25) is 0 Å².